The van der Waals surface area contributed by atoms with E-state index in [0.717, 1.165) is 0 Å². The van der Waals surface area contributed by atoms with Crippen LogP contribution in [0.15, 0.2) is 59.6 Å². The molecule has 0 unspecified atom stereocenters. The zero-order chi connectivity index (χ0) is 9.36. The summed E-state index contributed by atoms with van der Waals surface area (Å²) in [6.45, 7) is 0. The van der Waals surface area contributed by atoms with Crippen molar-refractivity contribution in [2.75, 3.05) is 0 Å². The summed E-state index contributed by atoms with van der Waals surface area (Å²) in [6, 6.07) is 17.1. The summed E-state index contributed by atoms with van der Waals surface area (Å²) in [6.07, 6.45) is 1.45. The Morgan fingerprint density at radius 2 is 1.86 bits per heavy atom. The fourth-order valence-electron chi connectivity index (χ4n) is 0.812. The topological polar surface area (TPSA) is 29.4 Å². The first-order valence-corrected chi connectivity index (χ1v) is 3.90. The maximum absolute atomic E-state index is 9.58. The molecule has 2 rings (SSSR count). The summed E-state index contributed by atoms with van der Waals surface area (Å²) in [7, 11) is 0. The number of hydrogen-bond acceptors (Lipinski definition) is 2. The Hall–Kier alpha value is -1.40. The minimum atomic E-state index is 0. The standard InChI is InChI=1S/C6H4NO.C5H5.Fe/c8-5-7-6-3-1-2-4-6;1-2-4-5-3-1;/h1-4H;1-5H;/q2*-1;+2. The van der Waals surface area contributed by atoms with E-state index >= 15 is 0 Å². The number of rotatable bonds is 1. The fourth-order valence-corrected chi connectivity index (χ4v) is 0.812. The minimum Gasteiger partial charge on any atom is -0.247 e. The summed E-state index contributed by atoms with van der Waals surface area (Å²) in [4.78, 5) is 12.9. The summed E-state index contributed by atoms with van der Waals surface area (Å²) < 4.78 is 0. The van der Waals surface area contributed by atoms with Crippen LogP contribution in [0.5, 0.6) is 0 Å². The van der Waals surface area contributed by atoms with Crippen LogP contribution in [0.1, 0.15) is 0 Å². The van der Waals surface area contributed by atoms with Gasteiger partial charge in [0.05, 0.1) is 0 Å². The van der Waals surface area contributed by atoms with Crippen LogP contribution >= 0.6 is 0 Å². The van der Waals surface area contributed by atoms with Gasteiger partial charge in [-0.1, -0.05) is 5.69 Å². The molecule has 0 aliphatic rings. The smallest absolute Gasteiger partial charge is 0.247 e. The summed E-state index contributed by atoms with van der Waals surface area (Å²) in [5, 5.41) is 0. The van der Waals surface area contributed by atoms with Crippen LogP contribution in [0.2, 0.25) is 0 Å². The van der Waals surface area contributed by atoms with Crippen LogP contribution in [0, 0.1) is 0 Å². The van der Waals surface area contributed by atoms with E-state index in [0.29, 0.717) is 5.69 Å². The van der Waals surface area contributed by atoms with Crippen molar-refractivity contribution in [3.63, 3.8) is 0 Å². The van der Waals surface area contributed by atoms with Crippen molar-refractivity contribution in [2.45, 2.75) is 0 Å². The number of isocyanates is 1. The third-order valence-corrected chi connectivity index (χ3v) is 1.38. The molecule has 0 aliphatic carbocycles. The Bertz CT molecular complexity index is 327. The SMILES string of the molecule is O=C=Nc1cc[cH-]c1.[Fe+2].c1cc[cH-]c1. The minimum absolute atomic E-state index is 0. The first-order valence-electron chi connectivity index (χ1n) is 3.90. The zero-order valence-electron chi connectivity index (χ0n) is 7.41. The van der Waals surface area contributed by atoms with Crippen molar-refractivity contribution >= 4 is 11.8 Å². The third-order valence-electron chi connectivity index (χ3n) is 1.38. The van der Waals surface area contributed by atoms with Crippen LogP contribution in [0.3, 0.4) is 0 Å². The monoisotopic (exact) mass is 227 g/mol. The number of aliphatic imine (C=N–C) groups is 1. The Morgan fingerprint density at radius 3 is 2.21 bits per heavy atom. The Balaban J connectivity index is 0.000000246. The van der Waals surface area contributed by atoms with Gasteiger partial charge in [0, 0.05) is 0 Å². The Morgan fingerprint density at radius 1 is 1.14 bits per heavy atom. The van der Waals surface area contributed by atoms with E-state index in [1.807, 2.05) is 42.5 Å². The van der Waals surface area contributed by atoms with Crippen LogP contribution in [0.4, 0.5) is 5.69 Å². The molecule has 2 aromatic rings. The largest absolute Gasteiger partial charge is 2.00 e. The van der Waals surface area contributed by atoms with Gasteiger partial charge < -0.3 is 0 Å². The second kappa shape index (κ2) is 8.21. The molecule has 0 radical (unpaired) electrons. The van der Waals surface area contributed by atoms with Gasteiger partial charge in [-0.25, -0.2) is 21.9 Å². The molecule has 0 atom stereocenters. The molecule has 0 N–H and O–H groups in total. The zero-order valence-corrected chi connectivity index (χ0v) is 8.51. The van der Waals surface area contributed by atoms with Crippen LogP contribution in [0.25, 0.3) is 0 Å². The van der Waals surface area contributed by atoms with Crippen LogP contribution < -0.4 is 0 Å². The molecule has 72 valence electrons. The maximum Gasteiger partial charge on any atom is 2.00 e. The van der Waals surface area contributed by atoms with Crippen molar-refractivity contribution in [1.29, 1.82) is 0 Å². The van der Waals surface area contributed by atoms with Crippen molar-refractivity contribution in [1.82, 2.24) is 0 Å². The van der Waals surface area contributed by atoms with Gasteiger partial charge >= 0.3 is 17.1 Å². The molecule has 2 aromatic carbocycles. The third kappa shape index (κ3) is 5.28. The van der Waals surface area contributed by atoms with Crippen LogP contribution in [-0.2, 0) is 21.9 Å². The van der Waals surface area contributed by atoms with Crippen molar-refractivity contribution in [3.8, 4) is 0 Å². The Kier molecular flexibility index (Phi) is 7.39. The molecule has 0 heterocycles. The molecule has 0 bridgehead atoms. The first kappa shape index (κ1) is 12.6. The van der Waals surface area contributed by atoms with E-state index in [1.54, 1.807) is 12.1 Å². The van der Waals surface area contributed by atoms with E-state index in [9.17, 15) is 4.79 Å². The van der Waals surface area contributed by atoms with Crippen molar-refractivity contribution in [3.05, 3.63) is 54.6 Å². The number of nitrogens with zero attached hydrogens (tertiary/aromatic N) is 1. The van der Waals surface area contributed by atoms with E-state index in [2.05, 4.69) is 4.99 Å². The average molecular weight is 227 g/mol. The maximum atomic E-state index is 9.58. The van der Waals surface area contributed by atoms with Crippen molar-refractivity contribution in [2.24, 2.45) is 4.99 Å². The quantitative estimate of drug-likeness (QED) is 0.318. The van der Waals surface area contributed by atoms with Gasteiger partial charge in [0.2, 0.25) is 6.08 Å². The fraction of sp³-hybridized carbons (Fsp3) is 0. The molecule has 0 saturated carbocycles. The van der Waals surface area contributed by atoms with Gasteiger partial charge in [-0.15, -0.1) is 0 Å². The van der Waals surface area contributed by atoms with E-state index in [1.165, 1.54) is 6.08 Å². The predicted molar refractivity (Wildman–Crippen MR) is 51.9 cm³/mol. The van der Waals surface area contributed by atoms with Gasteiger partial charge in [0.1, 0.15) is 0 Å². The molecule has 0 spiro atoms. The molecule has 14 heavy (non-hydrogen) atoms. The van der Waals surface area contributed by atoms with E-state index < -0.39 is 0 Å². The molecule has 0 fully saturated rings. The summed E-state index contributed by atoms with van der Waals surface area (Å²) in [5.41, 5.74) is 0.667. The number of hydrogen-bond donors (Lipinski definition) is 0. The summed E-state index contributed by atoms with van der Waals surface area (Å²) in [5.74, 6) is 0. The average Bonchev–Trinajstić information content (AvgIpc) is 2.79. The predicted octanol–water partition coefficient (Wildman–Crippen LogP) is 2.78. The molecule has 0 saturated heterocycles. The first-order chi connectivity index (χ1) is 6.43. The Labute approximate surface area is 93.5 Å². The normalized spacial score (nSPS) is 7.43. The summed E-state index contributed by atoms with van der Waals surface area (Å²) >= 11 is 0. The second-order valence-electron chi connectivity index (χ2n) is 2.31. The molecule has 0 aliphatic heterocycles. The molecule has 0 aromatic heterocycles. The molecular weight excluding hydrogens is 218 g/mol. The van der Waals surface area contributed by atoms with Gasteiger partial charge in [-0.05, 0) is 0 Å². The van der Waals surface area contributed by atoms with E-state index in [4.69, 9.17) is 0 Å². The van der Waals surface area contributed by atoms with Crippen LogP contribution in [-0.4, -0.2) is 6.08 Å². The second-order valence-corrected chi connectivity index (χ2v) is 2.31. The molecule has 2 nitrogen and oxygen atoms in total. The molecule has 3 heteroatoms. The molecular formula is C11H9FeNO. The van der Waals surface area contributed by atoms with Gasteiger partial charge in [0.15, 0.2) is 0 Å². The van der Waals surface area contributed by atoms with E-state index in [-0.39, 0.29) is 17.1 Å². The number of carbonyl (C=O) groups excluding carboxylic acids is 1. The van der Waals surface area contributed by atoms with Gasteiger partial charge in [-0.2, -0.15) is 42.5 Å². The van der Waals surface area contributed by atoms with Gasteiger partial charge in [-0.3, -0.25) is 0 Å². The molecule has 0 amide bonds. The van der Waals surface area contributed by atoms with Gasteiger partial charge in [0.25, 0.3) is 0 Å². The van der Waals surface area contributed by atoms with Crippen molar-refractivity contribution < 1.29 is 21.9 Å².